The van der Waals surface area contributed by atoms with Crippen molar-refractivity contribution in [1.82, 2.24) is 0 Å². The Labute approximate surface area is 120 Å². The highest BCUT2D eigenvalue weighted by Gasteiger charge is 2.20. The lowest BCUT2D eigenvalue weighted by molar-refractivity contribution is 0.605. The molecule has 1 aliphatic heterocycles. The van der Waals surface area contributed by atoms with Gasteiger partial charge in [0.15, 0.2) is 0 Å². The second kappa shape index (κ2) is 4.85. The average molecular weight is 321 g/mol. The normalized spacial score (nSPS) is 13.7. The van der Waals surface area contributed by atoms with Gasteiger partial charge in [0.1, 0.15) is 5.82 Å². The number of halogens is 2. The second-order valence-corrected chi connectivity index (χ2v) is 5.71. The minimum Gasteiger partial charge on any atom is -0.399 e. The maximum atomic E-state index is 13.8. The predicted octanol–water partition coefficient (Wildman–Crippen LogP) is 3.73. The van der Waals surface area contributed by atoms with E-state index in [0.29, 0.717) is 12.1 Å². The van der Waals surface area contributed by atoms with E-state index >= 15 is 0 Å². The van der Waals surface area contributed by atoms with Crippen molar-refractivity contribution in [3.8, 4) is 0 Å². The molecule has 4 heteroatoms. The summed E-state index contributed by atoms with van der Waals surface area (Å²) in [6.45, 7) is 1.48. The average Bonchev–Trinajstić information content (AvgIpc) is 2.77. The summed E-state index contributed by atoms with van der Waals surface area (Å²) in [7, 11) is 0. The van der Waals surface area contributed by atoms with E-state index in [-0.39, 0.29) is 5.82 Å². The fourth-order valence-corrected chi connectivity index (χ4v) is 2.91. The van der Waals surface area contributed by atoms with Gasteiger partial charge in [0.2, 0.25) is 0 Å². The monoisotopic (exact) mass is 320 g/mol. The third-order valence-corrected chi connectivity index (χ3v) is 3.96. The molecule has 0 saturated heterocycles. The van der Waals surface area contributed by atoms with E-state index in [4.69, 9.17) is 5.73 Å². The Balaban J connectivity index is 1.90. The van der Waals surface area contributed by atoms with E-state index in [1.165, 1.54) is 11.6 Å². The van der Waals surface area contributed by atoms with Crippen molar-refractivity contribution in [3.05, 3.63) is 57.8 Å². The van der Waals surface area contributed by atoms with Gasteiger partial charge in [0.05, 0.1) is 0 Å². The largest absolute Gasteiger partial charge is 0.399 e. The molecule has 0 aromatic heterocycles. The molecule has 3 rings (SSSR count). The van der Waals surface area contributed by atoms with Gasteiger partial charge in [-0.15, -0.1) is 0 Å². The van der Waals surface area contributed by atoms with E-state index < -0.39 is 0 Å². The molecule has 2 aromatic carbocycles. The Bertz CT molecular complexity index is 628. The zero-order chi connectivity index (χ0) is 13.4. The molecule has 0 atom stereocenters. The molecule has 0 fully saturated rings. The molecule has 0 radical (unpaired) electrons. The summed E-state index contributed by atoms with van der Waals surface area (Å²) in [4.78, 5) is 2.18. The van der Waals surface area contributed by atoms with Gasteiger partial charge in [-0.1, -0.05) is 22.0 Å². The van der Waals surface area contributed by atoms with E-state index in [1.54, 1.807) is 6.07 Å². The van der Waals surface area contributed by atoms with Gasteiger partial charge < -0.3 is 10.6 Å². The summed E-state index contributed by atoms with van der Waals surface area (Å²) >= 11 is 3.38. The lowest BCUT2D eigenvalue weighted by Gasteiger charge is -2.20. The number of anilines is 2. The molecule has 2 nitrogen and oxygen atoms in total. The van der Waals surface area contributed by atoms with Crippen LogP contribution in [0, 0.1) is 5.82 Å². The highest BCUT2D eigenvalue weighted by molar-refractivity contribution is 9.10. The van der Waals surface area contributed by atoms with Gasteiger partial charge in [0, 0.05) is 34.5 Å². The van der Waals surface area contributed by atoms with E-state index in [9.17, 15) is 4.39 Å². The molecular formula is C15H14BrFN2. The summed E-state index contributed by atoms with van der Waals surface area (Å²) in [5.41, 5.74) is 9.69. The van der Waals surface area contributed by atoms with Crippen LogP contribution in [-0.4, -0.2) is 6.54 Å². The van der Waals surface area contributed by atoms with Crippen LogP contribution in [0.2, 0.25) is 0 Å². The Morgan fingerprint density at radius 1 is 1.21 bits per heavy atom. The van der Waals surface area contributed by atoms with Crippen molar-refractivity contribution >= 4 is 27.3 Å². The van der Waals surface area contributed by atoms with Crippen LogP contribution in [0.5, 0.6) is 0 Å². The van der Waals surface area contributed by atoms with Gasteiger partial charge in [-0.2, -0.15) is 0 Å². The van der Waals surface area contributed by atoms with E-state index in [1.807, 2.05) is 18.2 Å². The number of hydrogen-bond acceptors (Lipinski definition) is 2. The van der Waals surface area contributed by atoms with E-state index in [0.717, 1.165) is 28.8 Å². The molecule has 1 aliphatic rings. The number of nitrogens with zero attached hydrogens (tertiary/aromatic N) is 1. The molecule has 1 heterocycles. The molecule has 0 bridgehead atoms. The smallest absolute Gasteiger partial charge is 0.128 e. The van der Waals surface area contributed by atoms with Gasteiger partial charge >= 0.3 is 0 Å². The van der Waals surface area contributed by atoms with Crippen molar-refractivity contribution in [2.45, 2.75) is 13.0 Å². The number of hydrogen-bond donors (Lipinski definition) is 1. The van der Waals surface area contributed by atoms with Crippen LogP contribution in [0.25, 0.3) is 0 Å². The molecule has 0 aliphatic carbocycles. The summed E-state index contributed by atoms with van der Waals surface area (Å²) in [6, 6.07) is 11.0. The minimum atomic E-state index is -0.166. The molecule has 19 heavy (non-hydrogen) atoms. The fourth-order valence-electron chi connectivity index (χ4n) is 2.50. The molecule has 0 spiro atoms. The van der Waals surface area contributed by atoms with Crippen molar-refractivity contribution in [2.75, 3.05) is 17.2 Å². The predicted molar refractivity (Wildman–Crippen MR) is 79.7 cm³/mol. The molecule has 0 unspecified atom stereocenters. The van der Waals surface area contributed by atoms with Crippen molar-refractivity contribution in [1.29, 1.82) is 0 Å². The first-order chi connectivity index (χ1) is 9.13. The minimum absolute atomic E-state index is 0.166. The lowest BCUT2D eigenvalue weighted by Crippen LogP contribution is -2.20. The summed E-state index contributed by atoms with van der Waals surface area (Å²) in [5, 5.41) is 0. The second-order valence-electron chi connectivity index (χ2n) is 4.80. The number of benzene rings is 2. The number of rotatable bonds is 2. The SMILES string of the molecule is Nc1ccc2c(c1)N(Cc1cc(Br)ccc1F)CC2. The highest BCUT2D eigenvalue weighted by atomic mass is 79.9. The van der Waals surface area contributed by atoms with Crippen LogP contribution in [0.3, 0.4) is 0 Å². The highest BCUT2D eigenvalue weighted by Crippen LogP contribution is 2.31. The van der Waals surface area contributed by atoms with Crippen LogP contribution >= 0.6 is 15.9 Å². The van der Waals surface area contributed by atoms with Crippen LogP contribution < -0.4 is 10.6 Å². The van der Waals surface area contributed by atoms with Gasteiger partial charge in [-0.3, -0.25) is 0 Å². The first-order valence-corrected chi connectivity index (χ1v) is 7.00. The van der Waals surface area contributed by atoms with Crippen LogP contribution in [-0.2, 0) is 13.0 Å². The van der Waals surface area contributed by atoms with Crippen LogP contribution in [0.15, 0.2) is 40.9 Å². The Morgan fingerprint density at radius 3 is 2.89 bits per heavy atom. The third-order valence-electron chi connectivity index (χ3n) is 3.47. The zero-order valence-electron chi connectivity index (χ0n) is 10.4. The van der Waals surface area contributed by atoms with Crippen molar-refractivity contribution in [2.24, 2.45) is 0 Å². The van der Waals surface area contributed by atoms with E-state index in [2.05, 4.69) is 26.9 Å². The van der Waals surface area contributed by atoms with Gasteiger partial charge in [-0.25, -0.2) is 4.39 Å². The summed E-state index contributed by atoms with van der Waals surface area (Å²) in [6.07, 6.45) is 0.991. The number of nitrogens with two attached hydrogens (primary N) is 1. The maximum absolute atomic E-state index is 13.8. The van der Waals surface area contributed by atoms with Crippen LogP contribution in [0.1, 0.15) is 11.1 Å². The first kappa shape index (κ1) is 12.5. The third kappa shape index (κ3) is 2.45. The van der Waals surface area contributed by atoms with Crippen molar-refractivity contribution in [3.63, 3.8) is 0 Å². The Hall–Kier alpha value is -1.55. The van der Waals surface area contributed by atoms with Gasteiger partial charge in [0.25, 0.3) is 0 Å². The molecule has 2 N–H and O–H groups in total. The van der Waals surface area contributed by atoms with Crippen LogP contribution in [0.4, 0.5) is 15.8 Å². The molecule has 0 saturated carbocycles. The van der Waals surface area contributed by atoms with Crippen molar-refractivity contribution < 1.29 is 4.39 Å². The number of nitrogen functional groups attached to an aromatic ring is 1. The standard InChI is InChI=1S/C15H14BrFN2/c16-12-2-4-14(17)11(7-12)9-19-6-5-10-1-3-13(18)8-15(10)19/h1-4,7-8H,5-6,9,18H2. The quantitative estimate of drug-likeness (QED) is 0.854. The summed E-state index contributed by atoms with van der Waals surface area (Å²) < 4.78 is 14.7. The molecule has 0 amide bonds. The molecule has 2 aromatic rings. The number of fused-ring (bicyclic) bond motifs is 1. The summed E-state index contributed by atoms with van der Waals surface area (Å²) in [5.74, 6) is -0.166. The zero-order valence-corrected chi connectivity index (χ0v) is 12.0. The maximum Gasteiger partial charge on any atom is 0.128 e. The first-order valence-electron chi connectivity index (χ1n) is 6.21. The lowest BCUT2D eigenvalue weighted by atomic mass is 10.1. The fraction of sp³-hybridized carbons (Fsp3) is 0.200. The Morgan fingerprint density at radius 2 is 2.05 bits per heavy atom. The molecular weight excluding hydrogens is 307 g/mol. The topological polar surface area (TPSA) is 29.3 Å². The Kier molecular flexibility index (Phi) is 3.19. The van der Waals surface area contributed by atoms with Gasteiger partial charge in [-0.05, 0) is 42.3 Å². The molecule has 98 valence electrons.